The number of hydrogen-bond acceptors (Lipinski definition) is 4. The van der Waals surface area contributed by atoms with Gasteiger partial charge >= 0.3 is 0 Å². The van der Waals surface area contributed by atoms with Crippen LogP contribution in [0.15, 0.2) is 0 Å². The smallest absolute Gasteiger partial charge is 0.0943 e. The standard InChI is InChI=1S/C12H20N2S2/c1-9-10(2)16-12(14-9)5-6-13-11-4-3-7-15-8-11/h11,13H,3-8H2,1-2H3. The van der Waals surface area contributed by atoms with Gasteiger partial charge in [0.25, 0.3) is 0 Å². The fourth-order valence-electron chi connectivity index (χ4n) is 1.93. The van der Waals surface area contributed by atoms with Crippen molar-refractivity contribution < 1.29 is 0 Å². The second kappa shape index (κ2) is 6.03. The molecular weight excluding hydrogens is 236 g/mol. The first-order valence-electron chi connectivity index (χ1n) is 6.00. The van der Waals surface area contributed by atoms with Crippen molar-refractivity contribution in [2.75, 3.05) is 18.1 Å². The summed E-state index contributed by atoms with van der Waals surface area (Å²) in [5.74, 6) is 2.64. The first kappa shape index (κ1) is 12.4. The van der Waals surface area contributed by atoms with E-state index in [0.29, 0.717) is 0 Å². The molecular formula is C12H20N2S2. The Kier molecular flexibility index (Phi) is 4.67. The summed E-state index contributed by atoms with van der Waals surface area (Å²) in [5, 5.41) is 4.93. The Labute approximate surface area is 106 Å². The minimum Gasteiger partial charge on any atom is -0.313 e. The molecule has 1 N–H and O–H groups in total. The van der Waals surface area contributed by atoms with E-state index in [4.69, 9.17) is 0 Å². The molecule has 1 atom stereocenters. The van der Waals surface area contributed by atoms with Crippen LogP contribution in [0, 0.1) is 13.8 Å². The van der Waals surface area contributed by atoms with Crippen LogP contribution >= 0.6 is 23.1 Å². The molecule has 90 valence electrons. The fourth-order valence-corrected chi connectivity index (χ4v) is 3.97. The van der Waals surface area contributed by atoms with Gasteiger partial charge in [-0.3, -0.25) is 0 Å². The van der Waals surface area contributed by atoms with E-state index in [1.165, 1.54) is 39.9 Å². The molecule has 1 saturated heterocycles. The van der Waals surface area contributed by atoms with Gasteiger partial charge in [-0.1, -0.05) is 0 Å². The number of thioether (sulfide) groups is 1. The minimum atomic E-state index is 0.737. The molecule has 1 aliphatic rings. The maximum absolute atomic E-state index is 4.57. The molecule has 1 aromatic rings. The highest BCUT2D eigenvalue weighted by Gasteiger charge is 2.12. The van der Waals surface area contributed by atoms with Gasteiger partial charge in [-0.05, 0) is 32.4 Å². The largest absolute Gasteiger partial charge is 0.313 e. The first-order chi connectivity index (χ1) is 7.75. The lowest BCUT2D eigenvalue weighted by molar-refractivity contribution is 0.511. The van der Waals surface area contributed by atoms with Crippen LogP contribution in [-0.4, -0.2) is 29.1 Å². The molecule has 0 saturated carbocycles. The van der Waals surface area contributed by atoms with Crippen molar-refractivity contribution in [1.82, 2.24) is 10.3 Å². The second-order valence-corrected chi connectivity index (χ2v) is 6.80. The number of rotatable bonds is 4. The van der Waals surface area contributed by atoms with Gasteiger partial charge < -0.3 is 5.32 Å². The predicted octanol–water partition coefficient (Wildman–Crippen LogP) is 2.79. The van der Waals surface area contributed by atoms with Crippen LogP contribution in [0.2, 0.25) is 0 Å². The van der Waals surface area contributed by atoms with E-state index in [1.54, 1.807) is 0 Å². The fraction of sp³-hybridized carbons (Fsp3) is 0.750. The Morgan fingerprint density at radius 1 is 1.44 bits per heavy atom. The van der Waals surface area contributed by atoms with E-state index in [-0.39, 0.29) is 0 Å². The lowest BCUT2D eigenvalue weighted by Crippen LogP contribution is -2.35. The van der Waals surface area contributed by atoms with Crippen molar-refractivity contribution >= 4 is 23.1 Å². The predicted molar refractivity (Wildman–Crippen MR) is 73.6 cm³/mol. The molecule has 4 heteroatoms. The van der Waals surface area contributed by atoms with E-state index < -0.39 is 0 Å². The lowest BCUT2D eigenvalue weighted by atomic mass is 10.2. The molecule has 0 amide bonds. The van der Waals surface area contributed by atoms with Crippen LogP contribution in [0.4, 0.5) is 0 Å². The average molecular weight is 256 g/mol. The molecule has 16 heavy (non-hydrogen) atoms. The summed E-state index contributed by atoms with van der Waals surface area (Å²) in [6.07, 6.45) is 3.81. The molecule has 2 heterocycles. The summed E-state index contributed by atoms with van der Waals surface area (Å²) in [5.41, 5.74) is 1.20. The van der Waals surface area contributed by atoms with Crippen molar-refractivity contribution in [3.05, 3.63) is 15.6 Å². The van der Waals surface area contributed by atoms with Crippen LogP contribution < -0.4 is 5.32 Å². The monoisotopic (exact) mass is 256 g/mol. The van der Waals surface area contributed by atoms with Crippen molar-refractivity contribution in [2.45, 2.75) is 39.2 Å². The zero-order valence-electron chi connectivity index (χ0n) is 10.1. The lowest BCUT2D eigenvalue weighted by Gasteiger charge is -2.22. The average Bonchev–Trinajstić information content (AvgIpc) is 2.60. The quantitative estimate of drug-likeness (QED) is 0.896. The zero-order chi connectivity index (χ0) is 11.4. The summed E-state index contributed by atoms with van der Waals surface area (Å²) in [6, 6.07) is 0.737. The molecule has 0 aliphatic carbocycles. The molecule has 0 aromatic carbocycles. The Balaban J connectivity index is 1.71. The van der Waals surface area contributed by atoms with Crippen LogP contribution in [0.5, 0.6) is 0 Å². The van der Waals surface area contributed by atoms with Crippen molar-refractivity contribution in [3.63, 3.8) is 0 Å². The minimum absolute atomic E-state index is 0.737. The number of aryl methyl sites for hydroxylation is 2. The van der Waals surface area contributed by atoms with E-state index >= 15 is 0 Å². The van der Waals surface area contributed by atoms with Crippen molar-refractivity contribution in [3.8, 4) is 0 Å². The number of nitrogens with zero attached hydrogens (tertiary/aromatic N) is 1. The van der Waals surface area contributed by atoms with Crippen LogP contribution in [-0.2, 0) is 6.42 Å². The Bertz CT molecular complexity index is 310. The second-order valence-electron chi connectivity index (χ2n) is 4.37. The van der Waals surface area contributed by atoms with Gasteiger partial charge in [0.15, 0.2) is 0 Å². The van der Waals surface area contributed by atoms with E-state index in [0.717, 1.165) is 19.0 Å². The van der Waals surface area contributed by atoms with E-state index in [1.807, 2.05) is 11.3 Å². The number of nitrogens with one attached hydrogen (secondary N) is 1. The van der Waals surface area contributed by atoms with Crippen LogP contribution in [0.3, 0.4) is 0 Å². The van der Waals surface area contributed by atoms with Gasteiger partial charge in [0.1, 0.15) is 0 Å². The summed E-state index contributed by atoms with van der Waals surface area (Å²) in [4.78, 5) is 5.93. The van der Waals surface area contributed by atoms with E-state index in [2.05, 4.69) is 35.9 Å². The van der Waals surface area contributed by atoms with Gasteiger partial charge in [-0.15, -0.1) is 11.3 Å². The molecule has 1 aliphatic heterocycles. The molecule has 2 nitrogen and oxygen atoms in total. The molecule has 0 radical (unpaired) electrons. The highest BCUT2D eigenvalue weighted by atomic mass is 32.2. The van der Waals surface area contributed by atoms with Crippen molar-refractivity contribution in [2.24, 2.45) is 0 Å². The SMILES string of the molecule is Cc1nc(CCNC2CCCSC2)sc1C. The summed E-state index contributed by atoms with van der Waals surface area (Å²) < 4.78 is 0. The Morgan fingerprint density at radius 3 is 2.94 bits per heavy atom. The van der Waals surface area contributed by atoms with Gasteiger partial charge in [-0.25, -0.2) is 4.98 Å². The number of aromatic nitrogens is 1. The normalized spacial score (nSPS) is 21.2. The molecule has 1 fully saturated rings. The summed E-state index contributed by atoms with van der Waals surface area (Å²) >= 11 is 3.92. The third-order valence-corrected chi connectivity index (χ3v) is 5.35. The van der Waals surface area contributed by atoms with Gasteiger partial charge in [0.05, 0.1) is 10.7 Å². The topological polar surface area (TPSA) is 24.9 Å². The molecule has 2 rings (SSSR count). The molecule has 1 unspecified atom stereocenters. The number of hydrogen-bond donors (Lipinski definition) is 1. The Hall–Kier alpha value is -0.0600. The zero-order valence-corrected chi connectivity index (χ0v) is 11.7. The van der Waals surface area contributed by atoms with E-state index in [9.17, 15) is 0 Å². The van der Waals surface area contributed by atoms with Crippen LogP contribution in [0.25, 0.3) is 0 Å². The van der Waals surface area contributed by atoms with Gasteiger partial charge in [0.2, 0.25) is 0 Å². The maximum atomic E-state index is 4.57. The third kappa shape index (κ3) is 3.47. The third-order valence-electron chi connectivity index (χ3n) is 3.00. The molecule has 0 spiro atoms. The summed E-state index contributed by atoms with van der Waals surface area (Å²) in [6.45, 7) is 5.33. The highest BCUT2D eigenvalue weighted by molar-refractivity contribution is 7.99. The Morgan fingerprint density at radius 2 is 2.31 bits per heavy atom. The first-order valence-corrected chi connectivity index (χ1v) is 7.97. The van der Waals surface area contributed by atoms with Crippen LogP contribution in [0.1, 0.15) is 28.4 Å². The highest BCUT2D eigenvalue weighted by Crippen LogP contribution is 2.18. The number of thiazole rings is 1. The maximum Gasteiger partial charge on any atom is 0.0943 e. The van der Waals surface area contributed by atoms with Gasteiger partial charge in [-0.2, -0.15) is 11.8 Å². The summed E-state index contributed by atoms with van der Waals surface area (Å²) in [7, 11) is 0. The molecule has 0 bridgehead atoms. The van der Waals surface area contributed by atoms with Crippen molar-refractivity contribution in [1.29, 1.82) is 0 Å². The van der Waals surface area contributed by atoms with Gasteiger partial charge in [0, 0.05) is 29.6 Å². The molecule has 1 aromatic heterocycles.